The smallest absolute Gasteiger partial charge is 0.230 e. The zero-order valence-electron chi connectivity index (χ0n) is 11.8. The van der Waals surface area contributed by atoms with E-state index in [-0.39, 0.29) is 5.91 Å². The van der Waals surface area contributed by atoms with Crippen LogP contribution in [-0.2, 0) is 24.2 Å². The molecular formula is C15H17N3O2S. The molecule has 110 valence electrons. The molecule has 1 aliphatic heterocycles. The number of hydrogen-bond donors (Lipinski definition) is 2. The van der Waals surface area contributed by atoms with E-state index in [4.69, 9.17) is 4.74 Å². The number of ether oxygens (including phenoxy) is 1. The van der Waals surface area contributed by atoms with E-state index in [0.717, 1.165) is 36.5 Å². The number of nitrogens with zero attached hydrogens (tertiary/aromatic N) is 1. The number of amides is 1. The fraction of sp³-hybridized carbons (Fsp3) is 0.333. The predicted octanol–water partition coefficient (Wildman–Crippen LogP) is 1.98. The van der Waals surface area contributed by atoms with Crippen molar-refractivity contribution in [3.05, 3.63) is 40.4 Å². The van der Waals surface area contributed by atoms with E-state index in [1.807, 2.05) is 24.3 Å². The van der Waals surface area contributed by atoms with Gasteiger partial charge in [0.2, 0.25) is 5.91 Å². The fourth-order valence-electron chi connectivity index (χ4n) is 2.27. The number of anilines is 1. The molecule has 0 radical (unpaired) electrons. The standard InChI is InChI=1S/C15H17N3O2S/c1-20-11-4-2-10(3-5-11)8-14(19)18-15-17-12-6-7-16-9-13(12)21-15/h2-5,16H,6-9H2,1H3,(H,17,18,19). The maximum atomic E-state index is 12.1. The first-order valence-electron chi connectivity index (χ1n) is 6.86. The number of rotatable bonds is 4. The van der Waals surface area contributed by atoms with Crippen molar-refractivity contribution in [1.29, 1.82) is 0 Å². The number of nitrogens with one attached hydrogen (secondary N) is 2. The van der Waals surface area contributed by atoms with Crippen molar-refractivity contribution in [2.24, 2.45) is 0 Å². The lowest BCUT2D eigenvalue weighted by atomic mass is 10.1. The van der Waals surface area contributed by atoms with Gasteiger partial charge in [0.1, 0.15) is 5.75 Å². The molecule has 0 unspecified atom stereocenters. The van der Waals surface area contributed by atoms with Gasteiger partial charge < -0.3 is 15.4 Å². The summed E-state index contributed by atoms with van der Waals surface area (Å²) in [6, 6.07) is 7.51. The van der Waals surface area contributed by atoms with Crippen LogP contribution >= 0.6 is 11.3 Å². The van der Waals surface area contributed by atoms with Gasteiger partial charge in [-0.3, -0.25) is 4.79 Å². The van der Waals surface area contributed by atoms with Crippen LogP contribution in [0.2, 0.25) is 0 Å². The summed E-state index contributed by atoms with van der Waals surface area (Å²) in [5, 5.41) is 6.89. The highest BCUT2D eigenvalue weighted by molar-refractivity contribution is 7.15. The van der Waals surface area contributed by atoms with Crippen molar-refractivity contribution in [3.8, 4) is 5.75 Å². The first-order chi connectivity index (χ1) is 10.2. The number of carbonyl (C=O) groups is 1. The van der Waals surface area contributed by atoms with Crippen LogP contribution in [-0.4, -0.2) is 24.5 Å². The summed E-state index contributed by atoms with van der Waals surface area (Å²) < 4.78 is 5.10. The van der Waals surface area contributed by atoms with Gasteiger partial charge in [0, 0.05) is 24.4 Å². The molecule has 1 aromatic heterocycles. The molecule has 2 aromatic rings. The van der Waals surface area contributed by atoms with Gasteiger partial charge in [0.25, 0.3) is 0 Å². The van der Waals surface area contributed by atoms with E-state index < -0.39 is 0 Å². The lowest BCUT2D eigenvalue weighted by Gasteiger charge is -2.09. The largest absolute Gasteiger partial charge is 0.497 e. The molecule has 0 bridgehead atoms. The second-order valence-electron chi connectivity index (χ2n) is 4.89. The second-order valence-corrected chi connectivity index (χ2v) is 5.97. The van der Waals surface area contributed by atoms with E-state index in [1.54, 1.807) is 18.4 Å². The summed E-state index contributed by atoms with van der Waals surface area (Å²) >= 11 is 1.55. The third kappa shape index (κ3) is 3.40. The summed E-state index contributed by atoms with van der Waals surface area (Å²) in [5.41, 5.74) is 2.06. The third-order valence-corrected chi connectivity index (χ3v) is 4.39. The summed E-state index contributed by atoms with van der Waals surface area (Å²) in [6.45, 7) is 1.80. The van der Waals surface area contributed by atoms with E-state index in [0.29, 0.717) is 11.6 Å². The summed E-state index contributed by atoms with van der Waals surface area (Å²) in [5.74, 6) is 0.749. The van der Waals surface area contributed by atoms with Gasteiger partial charge in [-0.15, -0.1) is 11.3 Å². The fourth-order valence-corrected chi connectivity index (χ4v) is 3.27. The van der Waals surface area contributed by atoms with Crippen LogP contribution in [0.25, 0.3) is 0 Å². The molecule has 0 saturated carbocycles. The Hall–Kier alpha value is -1.92. The lowest BCUT2D eigenvalue weighted by molar-refractivity contribution is -0.115. The van der Waals surface area contributed by atoms with Gasteiger partial charge in [-0.05, 0) is 17.7 Å². The topological polar surface area (TPSA) is 63.2 Å². The first-order valence-corrected chi connectivity index (χ1v) is 7.68. The normalized spacial score (nSPS) is 13.6. The van der Waals surface area contributed by atoms with Crippen LogP contribution in [0.1, 0.15) is 16.1 Å². The van der Waals surface area contributed by atoms with Gasteiger partial charge in [-0.2, -0.15) is 0 Å². The molecule has 1 aliphatic rings. The maximum Gasteiger partial charge on any atom is 0.230 e. The van der Waals surface area contributed by atoms with E-state index in [1.165, 1.54) is 4.88 Å². The molecule has 5 nitrogen and oxygen atoms in total. The van der Waals surface area contributed by atoms with Crippen LogP contribution < -0.4 is 15.4 Å². The highest BCUT2D eigenvalue weighted by Gasteiger charge is 2.16. The third-order valence-electron chi connectivity index (χ3n) is 3.37. The zero-order chi connectivity index (χ0) is 14.7. The molecule has 0 aliphatic carbocycles. The Morgan fingerprint density at radius 2 is 2.24 bits per heavy atom. The van der Waals surface area contributed by atoms with Gasteiger partial charge in [-0.1, -0.05) is 12.1 Å². The Labute approximate surface area is 127 Å². The Balaban J connectivity index is 1.61. The summed E-state index contributed by atoms with van der Waals surface area (Å²) in [4.78, 5) is 17.8. The quantitative estimate of drug-likeness (QED) is 0.906. The Bertz CT molecular complexity index is 613. The summed E-state index contributed by atoms with van der Waals surface area (Å²) in [6.07, 6.45) is 1.27. The second kappa shape index (κ2) is 6.24. The monoisotopic (exact) mass is 303 g/mol. The molecule has 3 rings (SSSR count). The minimum atomic E-state index is -0.0424. The number of hydrogen-bond acceptors (Lipinski definition) is 5. The van der Waals surface area contributed by atoms with Crippen molar-refractivity contribution >= 4 is 22.4 Å². The Kier molecular flexibility index (Phi) is 4.17. The molecule has 1 aromatic carbocycles. The zero-order valence-corrected chi connectivity index (χ0v) is 12.6. The molecule has 6 heteroatoms. The number of benzene rings is 1. The van der Waals surface area contributed by atoms with Crippen LogP contribution in [0.5, 0.6) is 5.75 Å². The minimum absolute atomic E-state index is 0.0424. The average Bonchev–Trinajstić information content (AvgIpc) is 2.90. The van der Waals surface area contributed by atoms with Crippen molar-refractivity contribution in [1.82, 2.24) is 10.3 Å². The van der Waals surface area contributed by atoms with Gasteiger partial charge >= 0.3 is 0 Å². The minimum Gasteiger partial charge on any atom is -0.497 e. The average molecular weight is 303 g/mol. The van der Waals surface area contributed by atoms with Crippen molar-refractivity contribution in [2.75, 3.05) is 19.0 Å². The molecule has 21 heavy (non-hydrogen) atoms. The van der Waals surface area contributed by atoms with Crippen molar-refractivity contribution in [2.45, 2.75) is 19.4 Å². The molecule has 0 saturated heterocycles. The number of fused-ring (bicyclic) bond motifs is 1. The van der Waals surface area contributed by atoms with Crippen LogP contribution in [0, 0.1) is 0 Å². The number of aromatic nitrogens is 1. The van der Waals surface area contributed by atoms with Gasteiger partial charge in [0.05, 0.1) is 19.2 Å². The van der Waals surface area contributed by atoms with E-state index >= 15 is 0 Å². The van der Waals surface area contributed by atoms with Crippen molar-refractivity contribution in [3.63, 3.8) is 0 Å². The first kappa shape index (κ1) is 14.0. The molecule has 0 spiro atoms. The Morgan fingerprint density at radius 1 is 1.43 bits per heavy atom. The Morgan fingerprint density at radius 3 is 2.95 bits per heavy atom. The molecule has 0 fully saturated rings. The predicted molar refractivity (Wildman–Crippen MR) is 82.9 cm³/mol. The molecule has 2 heterocycles. The van der Waals surface area contributed by atoms with Crippen molar-refractivity contribution < 1.29 is 9.53 Å². The highest BCUT2D eigenvalue weighted by Crippen LogP contribution is 2.25. The lowest BCUT2D eigenvalue weighted by Crippen LogP contribution is -2.22. The number of carbonyl (C=O) groups excluding carboxylic acids is 1. The van der Waals surface area contributed by atoms with E-state index in [2.05, 4.69) is 15.6 Å². The molecule has 1 amide bonds. The van der Waals surface area contributed by atoms with Gasteiger partial charge in [-0.25, -0.2) is 4.98 Å². The van der Waals surface area contributed by atoms with Crippen LogP contribution in [0.3, 0.4) is 0 Å². The summed E-state index contributed by atoms with van der Waals surface area (Å²) in [7, 11) is 1.63. The van der Waals surface area contributed by atoms with Crippen LogP contribution in [0.15, 0.2) is 24.3 Å². The highest BCUT2D eigenvalue weighted by atomic mass is 32.1. The SMILES string of the molecule is COc1ccc(CC(=O)Nc2nc3c(s2)CNCC3)cc1. The number of thiazole rings is 1. The molecule has 0 atom stereocenters. The molecular weight excluding hydrogens is 286 g/mol. The number of methoxy groups -OCH3 is 1. The molecule has 2 N–H and O–H groups in total. The maximum absolute atomic E-state index is 12.1. The van der Waals surface area contributed by atoms with Crippen LogP contribution in [0.4, 0.5) is 5.13 Å². The van der Waals surface area contributed by atoms with Gasteiger partial charge in [0.15, 0.2) is 5.13 Å². The van der Waals surface area contributed by atoms with E-state index in [9.17, 15) is 4.79 Å².